The number of hydroxylamine groups is 1. The van der Waals surface area contributed by atoms with Crippen LogP contribution in [0.25, 0.3) is 0 Å². The molecule has 0 aliphatic carbocycles. The van der Waals surface area contributed by atoms with Gasteiger partial charge in [0.15, 0.2) is 0 Å². The summed E-state index contributed by atoms with van der Waals surface area (Å²) >= 11 is 0. The van der Waals surface area contributed by atoms with Gasteiger partial charge >= 0.3 is 0 Å². The van der Waals surface area contributed by atoms with Gasteiger partial charge in [0.1, 0.15) is 6.61 Å². The molecular weight excluding hydrogens is 278 g/mol. The van der Waals surface area contributed by atoms with E-state index in [0.29, 0.717) is 45.1 Å². The van der Waals surface area contributed by atoms with Crippen molar-refractivity contribution < 1.29 is 23.9 Å². The van der Waals surface area contributed by atoms with Crippen LogP contribution in [0, 0.1) is 0 Å². The van der Waals surface area contributed by atoms with Crippen LogP contribution in [0.2, 0.25) is 0 Å². The van der Waals surface area contributed by atoms with Crippen LogP contribution in [0.3, 0.4) is 0 Å². The molecule has 0 bridgehead atoms. The van der Waals surface area contributed by atoms with Gasteiger partial charge in [-0.25, -0.2) is 5.48 Å². The number of rotatable bonds is 13. The van der Waals surface area contributed by atoms with Gasteiger partial charge in [0.2, 0.25) is 11.8 Å². The van der Waals surface area contributed by atoms with E-state index in [1.54, 1.807) is 14.0 Å². The Morgan fingerprint density at radius 3 is 2.10 bits per heavy atom. The Bertz CT molecular complexity index is 323. The summed E-state index contributed by atoms with van der Waals surface area (Å²) in [5, 5.41) is 5.28. The maximum Gasteiger partial charge on any atom is 0.248 e. The number of ether oxygens (including phenoxy) is 2. The second-order valence-corrected chi connectivity index (χ2v) is 4.10. The number of hydrogen-bond donors (Lipinski definition) is 3. The van der Waals surface area contributed by atoms with Crippen LogP contribution in [0.4, 0.5) is 0 Å². The lowest BCUT2D eigenvalue weighted by Crippen LogP contribution is -2.32. The second kappa shape index (κ2) is 13.5. The molecule has 0 aromatic heterocycles. The molecular formula is C13H25N3O5. The van der Waals surface area contributed by atoms with Gasteiger partial charge in [-0.3, -0.25) is 14.4 Å². The van der Waals surface area contributed by atoms with E-state index in [1.165, 1.54) is 0 Å². The topological polar surface area (TPSA) is 97.9 Å². The molecule has 21 heavy (non-hydrogen) atoms. The normalized spacial score (nSPS) is 10.2. The highest BCUT2D eigenvalue weighted by atomic mass is 16.6. The van der Waals surface area contributed by atoms with E-state index in [4.69, 9.17) is 14.3 Å². The van der Waals surface area contributed by atoms with Crippen LogP contribution in [0.15, 0.2) is 12.2 Å². The molecule has 122 valence electrons. The molecule has 0 aliphatic heterocycles. The molecule has 0 aromatic carbocycles. The average molecular weight is 303 g/mol. The molecule has 2 amide bonds. The molecule has 0 spiro atoms. The molecule has 0 unspecified atom stereocenters. The van der Waals surface area contributed by atoms with Crippen LogP contribution in [0.5, 0.6) is 0 Å². The molecule has 0 heterocycles. The predicted octanol–water partition coefficient (Wildman–Crippen LogP) is -1.02. The maximum atomic E-state index is 11.1. The molecule has 0 aromatic rings. The molecule has 0 atom stereocenters. The summed E-state index contributed by atoms with van der Waals surface area (Å²) in [6.45, 7) is 7.68. The number of carbonyl (C=O) groups excluding carboxylic acids is 2. The van der Waals surface area contributed by atoms with E-state index in [-0.39, 0.29) is 18.4 Å². The summed E-state index contributed by atoms with van der Waals surface area (Å²) < 4.78 is 10.5. The van der Waals surface area contributed by atoms with Crippen molar-refractivity contribution in [1.82, 2.24) is 16.1 Å². The molecule has 0 rings (SSSR count). The van der Waals surface area contributed by atoms with E-state index in [1.807, 2.05) is 0 Å². The molecule has 0 saturated heterocycles. The van der Waals surface area contributed by atoms with Crippen molar-refractivity contribution in [3.63, 3.8) is 0 Å². The summed E-state index contributed by atoms with van der Waals surface area (Å²) in [5.74, 6) is -0.384. The third kappa shape index (κ3) is 13.3. The minimum atomic E-state index is -0.211. The van der Waals surface area contributed by atoms with Crippen LogP contribution < -0.4 is 16.1 Å². The van der Waals surface area contributed by atoms with Crippen molar-refractivity contribution in [3.8, 4) is 0 Å². The first kappa shape index (κ1) is 19.5. The van der Waals surface area contributed by atoms with Gasteiger partial charge in [0, 0.05) is 25.7 Å². The number of hydrogen-bond acceptors (Lipinski definition) is 6. The van der Waals surface area contributed by atoms with Crippen molar-refractivity contribution in [2.24, 2.45) is 0 Å². The Hall–Kier alpha value is -1.48. The highest BCUT2D eigenvalue weighted by molar-refractivity contribution is 5.92. The molecule has 3 N–H and O–H groups in total. The Morgan fingerprint density at radius 2 is 1.57 bits per heavy atom. The fraction of sp³-hybridized carbons (Fsp3) is 0.692. The minimum absolute atomic E-state index is 0.0322. The molecule has 8 heteroatoms. The van der Waals surface area contributed by atoms with Crippen LogP contribution in [-0.2, 0) is 23.9 Å². The quantitative estimate of drug-likeness (QED) is 0.229. The van der Waals surface area contributed by atoms with Crippen molar-refractivity contribution >= 4 is 11.8 Å². The lowest BCUT2D eigenvalue weighted by atomic mass is 10.3. The maximum absolute atomic E-state index is 11.1. The summed E-state index contributed by atoms with van der Waals surface area (Å²) in [6, 6.07) is 0. The number of carbonyl (C=O) groups is 2. The predicted molar refractivity (Wildman–Crippen MR) is 77.5 cm³/mol. The van der Waals surface area contributed by atoms with E-state index in [9.17, 15) is 9.59 Å². The number of nitrogens with one attached hydrogen (secondary N) is 3. The van der Waals surface area contributed by atoms with Gasteiger partial charge in [-0.2, -0.15) is 0 Å². The van der Waals surface area contributed by atoms with Gasteiger partial charge in [-0.05, 0) is 6.92 Å². The van der Waals surface area contributed by atoms with Crippen molar-refractivity contribution in [2.45, 2.75) is 6.92 Å². The summed E-state index contributed by atoms with van der Waals surface area (Å²) in [7, 11) is 1.58. The van der Waals surface area contributed by atoms with E-state index < -0.39 is 0 Å². The van der Waals surface area contributed by atoms with Crippen molar-refractivity contribution in [1.29, 1.82) is 0 Å². The first-order chi connectivity index (χ1) is 10.1. The SMILES string of the molecule is C=C(C)C(=O)NCCOCCOCCNC(=O)CONC. The molecule has 0 saturated carbocycles. The minimum Gasteiger partial charge on any atom is -0.377 e. The average Bonchev–Trinajstić information content (AvgIpc) is 2.46. The van der Waals surface area contributed by atoms with Crippen LogP contribution in [-0.4, -0.2) is 65.0 Å². The molecule has 0 fully saturated rings. The van der Waals surface area contributed by atoms with Gasteiger partial charge in [0.25, 0.3) is 0 Å². The third-order valence-electron chi connectivity index (χ3n) is 2.21. The van der Waals surface area contributed by atoms with Gasteiger partial charge in [-0.1, -0.05) is 6.58 Å². The largest absolute Gasteiger partial charge is 0.377 e. The summed E-state index contributed by atoms with van der Waals surface area (Å²) in [6.07, 6.45) is 0. The smallest absolute Gasteiger partial charge is 0.248 e. The van der Waals surface area contributed by atoms with E-state index in [2.05, 4.69) is 22.7 Å². The fourth-order valence-electron chi connectivity index (χ4n) is 1.16. The molecule has 8 nitrogen and oxygen atoms in total. The monoisotopic (exact) mass is 303 g/mol. The Morgan fingerprint density at radius 1 is 1.00 bits per heavy atom. The molecule has 0 radical (unpaired) electrons. The number of amides is 2. The van der Waals surface area contributed by atoms with Crippen LogP contribution in [0.1, 0.15) is 6.92 Å². The third-order valence-corrected chi connectivity index (χ3v) is 2.21. The van der Waals surface area contributed by atoms with E-state index in [0.717, 1.165) is 0 Å². The zero-order valence-corrected chi connectivity index (χ0v) is 12.7. The zero-order valence-electron chi connectivity index (χ0n) is 12.7. The lowest BCUT2D eigenvalue weighted by Gasteiger charge is -2.08. The van der Waals surface area contributed by atoms with Crippen LogP contribution >= 0.6 is 0 Å². The summed E-state index contributed by atoms with van der Waals surface area (Å²) in [4.78, 5) is 26.9. The Kier molecular flexibility index (Phi) is 12.5. The van der Waals surface area contributed by atoms with Crippen molar-refractivity contribution in [2.75, 3.05) is 53.2 Å². The fourth-order valence-corrected chi connectivity index (χ4v) is 1.16. The second-order valence-electron chi connectivity index (χ2n) is 4.10. The first-order valence-electron chi connectivity index (χ1n) is 6.72. The lowest BCUT2D eigenvalue weighted by molar-refractivity contribution is -0.128. The highest BCUT2D eigenvalue weighted by Gasteiger charge is 2.00. The molecule has 0 aliphatic rings. The van der Waals surface area contributed by atoms with Crippen molar-refractivity contribution in [3.05, 3.63) is 12.2 Å². The zero-order chi connectivity index (χ0) is 15.9. The highest BCUT2D eigenvalue weighted by Crippen LogP contribution is 1.85. The van der Waals surface area contributed by atoms with E-state index >= 15 is 0 Å². The van der Waals surface area contributed by atoms with Gasteiger partial charge in [-0.15, -0.1) is 0 Å². The Labute approximate surface area is 125 Å². The standard InChI is InChI=1S/C13H25N3O5/c1-11(2)13(18)16-5-7-20-9-8-19-6-4-15-12(17)10-21-14-3/h14H,1,4-10H2,2-3H3,(H,15,17)(H,16,18). The van der Waals surface area contributed by atoms with Gasteiger partial charge in [0.05, 0.1) is 26.4 Å². The van der Waals surface area contributed by atoms with Gasteiger partial charge < -0.3 is 20.1 Å². The summed E-state index contributed by atoms with van der Waals surface area (Å²) in [5.41, 5.74) is 2.88. The first-order valence-corrected chi connectivity index (χ1v) is 6.72. The Balaban J connectivity index is 3.21.